The number of nitrogens with two attached hydrogens (primary N) is 1. The van der Waals surface area contributed by atoms with Gasteiger partial charge in [-0.05, 0) is 43.0 Å². The van der Waals surface area contributed by atoms with Crippen LogP contribution in [-0.2, 0) is 19.9 Å². The third-order valence-electron chi connectivity index (χ3n) is 3.73. The van der Waals surface area contributed by atoms with Crippen LogP contribution in [0, 0.1) is 13.8 Å². The Morgan fingerprint density at radius 1 is 1.26 bits per heavy atom. The van der Waals surface area contributed by atoms with E-state index in [1.807, 2.05) is 11.7 Å². The molecule has 2 aromatic rings. The van der Waals surface area contributed by atoms with E-state index in [4.69, 9.17) is 5.73 Å². The van der Waals surface area contributed by atoms with Crippen LogP contribution in [0.1, 0.15) is 41.0 Å². The summed E-state index contributed by atoms with van der Waals surface area (Å²) in [6.45, 7) is 6.38. The van der Waals surface area contributed by atoms with Crippen molar-refractivity contribution < 1.29 is 0 Å². The van der Waals surface area contributed by atoms with Gasteiger partial charge >= 0.3 is 0 Å². The number of hydrogen-bond donors (Lipinski definition) is 1. The molecular formula is C16H23N3. The molecule has 0 aliphatic carbocycles. The number of aromatic nitrogens is 2. The largest absolute Gasteiger partial charge is 0.324 e. The van der Waals surface area contributed by atoms with Crippen LogP contribution in [-0.4, -0.2) is 9.78 Å². The van der Waals surface area contributed by atoms with E-state index in [1.165, 1.54) is 22.4 Å². The fraction of sp³-hybridized carbons (Fsp3) is 0.438. The lowest BCUT2D eigenvalue weighted by Crippen LogP contribution is -2.17. The molecule has 102 valence electrons. The molecular weight excluding hydrogens is 234 g/mol. The molecule has 3 nitrogen and oxygen atoms in total. The van der Waals surface area contributed by atoms with Crippen LogP contribution in [0.25, 0.3) is 0 Å². The molecule has 1 unspecified atom stereocenters. The quantitative estimate of drug-likeness (QED) is 0.915. The highest BCUT2D eigenvalue weighted by Gasteiger charge is 2.14. The molecule has 0 aliphatic heterocycles. The van der Waals surface area contributed by atoms with E-state index in [0.29, 0.717) is 0 Å². The second kappa shape index (κ2) is 5.57. The van der Waals surface area contributed by atoms with Gasteiger partial charge in [-0.25, -0.2) is 0 Å². The van der Waals surface area contributed by atoms with Crippen molar-refractivity contribution in [2.75, 3.05) is 0 Å². The van der Waals surface area contributed by atoms with Crippen molar-refractivity contribution in [2.45, 2.75) is 39.7 Å². The van der Waals surface area contributed by atoms with E-state index in [2.05, 4.69) is 50.1 Å². The number of nitrogens with zero attached hydrogens (tertiary/aromatic N) is 2. The Labute approximate surface area is 115 Å². The predicted octanol–water partition coefficient (Wildman–Crippen LogP) is 2.84. The average molecular weight is 257 g/mol. The molecule has 2 N–H and O–H groups in total. The molecule has 0 saturated heterocycles. The van der Waals surface area contributed by atoms with Gasteiger partial charge in [0.15, 0.2) is 0 Å². The summed E-state index contributed by atoms with van der Waals surface area (Å²) in [5.41, 5.74) is 12.5. The van der Waals surface area contributed by atoms with Crippen molar-refractivity contribution in [3.05, 3.63) is 52.3 Å². The summed E-state index contributed by atoms with van der Waals surface area (Å²) in [5.74, 6) is 0. The van der Waals surface area contributed by atoms with E-state index in [1.54, 1.807) is 0 Å². The molecule has 1 atom stereocenters. The van der Waals surface area contributed by atoms with E-state index >= 15 is 0 Å². The summed E-state index contributed by atoms with van der Waals surface area (Å²) in [4.78, 5) is 0. The molecule has 0 aliphatic rings. The molecule has 0 amide bonds. The van der Waals surface area contributed by atoms with Gasteiger partial charge in [0.25, 0.3) is 0 Å². The Kier molecular flexibility index (Phi) is 4.05. The Hall–Kier alpha value is -1.61. The molecule has 0 radical (unpaired) electrons. The van der Waals surface area contributed by atoms with Crippen molar-refractivity contribution >= 4 is 0 Å². The Morgan fingerprint density at radius 3 is 2.42 bits per heavy atom. The van der Waals surface area contributed by atoms with Gasteiger partial charge in [-0.15, -0.1) is 0 Å². The molecule has 1 heterocycles. The summed E-state index contributed by atoms with van der Waals surface area (Å²) < 4.78 is 1.95. The zero-order valence-corrected chi connectivity index (χ0v) is 12.3. The summed E-state index contributed by atoms with van der Waals surface area (Å²) in [6.07, 6.45) is 1.79. The third-order valence-corrected chi connectivity index (χ3v) is 3.73. The maximum atomic E-state index is 6.41. The van der Waals surface area contributed by atoms with Gasteiger partial charge in [0.05, 0.1) is 5.69 Å². The van der Waals surface area contributed by atoms with Crippen LogP contribution >= 0.6 is 0 Å². The first kappa shape index (κ1) is 13.8. The molecule has 0 spiro atoms. The van der Waals surface area contributed by atoms with Gasteiger partial charge in [-0.3, -0.25) is 4.68 Å². The minimum Gasteiger partial charge on any atom is -0.324 e. The first-order valence-electron chi connectivity index (χ1n) is 6.86. The van der Waals surface area contributed by atoms with Gasteiger partial charge < -0.3 is 5.73 Å². The van der Waals surface area contributed by atoms with Crippen molar-refractivity contribution in [2.24, 2.45) is 12.8 Å². The van der Waals surface area contributed by atoms with Crippen molar-refractivity contribution in [3.8, 4) is 0 Å². The van der Waals surface area contributed by atoms with Crippen LogP contribution in [0.4, 0.5) is 0 Å². The van der Waals surface area contributed by atoms with Gasteiger partial charge in [0.1, 0.15) is 0 Å². The average Bonchev–Trinajstić information content (AvgIpc) is 2.70. The lowest BCUT2D eigenvalue weighted by atomic mass is 9.94. The van der Waals surface area contributed by atoms with E-state index in [9.17, 15) is 0 Å². The van der Waals surface area contributed by atoms with E-state index in [0.717, 1.165) is 18.5 Å². The molecule has 3 heteroatoms. The molecule has 19 heavy (non-hydrogen) atoms. The zero-order chi connectivity index (χ0) is 14.0. The maximum absolute atomic E-state index is 6.41. The highest BCUT2D eigenvalue weighted by molar-refractivity contribution is 5.36. The van der Waals surface area contributed by atoms with Crippen molar-refractivity contribution in [3.63, 3.8) is 0 Å². The first-order valence-corrected chi connectivity index (χ1v) is 6.86. The van der Waals surface area contributed by atoms with Crippen molar-refractivity contribution in [1.82, 2.24) is 9.78 Å². The molecule has 1 aromatic carbocycles. The van der Waals surface area contributed by atoms with Gasteiger partial charge in [0, 0.05) is 25.2 Å². The van der Waals surface area contributed by atoms with Gasteiger partial charge in [-0.2, -0.15) is 5.10 Å². The summed E-state index contributed by atoms with van der Waals surface area (Å²) in [7, 11) is 1.99. The Balaban J connectivity index is 2.25. The molecule has 2 rings (SSSR count). The summed E-state index contributed by atoms with van der Waals surface area (Å²) in [5, 5.41) is 4.48. The second-order valence-corrected chi connectivity index (χ2v) is 5.22. The lowest BCUT2D eigenvalue weighted by molar-refractivity contribution is 0.634. The molecule has 1 aromatic heterocycles. The Morgan fingerprint density at radius 2 is 1.89 bits per heavy atom. The van der Waals surface area contributed by atoms with E-state index in [-0.39, 0.29) is 6.04 Å². The monoisotopic (exact) mass is 257 g/mol. The minimum atomic E-state index is 0.0290. The second-order valence-electron chi connectivity index (χ2n) is 5.22. The fourth-order valence-electron chi connectivity index (χ4n) is 2.67. The topological polar surface area (TPSA) is 43.8 Å². The smallest absolute Gasteiger partial charge is 0.0624 e. The fourth-order valence-corrected chi connectivity index (χ4v) is 2.67. The van der Waals surface area contributed by atoms with Crippen LogP contribution in [0.5, 0.6) is 0 Å². The molecule has 0 bridgehead atoms. The SMILES string of the molecule is CCc1cc(CC(N)c2c(C)cccc2C)n(C)n1. The number of rotatable bonds is 4. The minimum absolute atomic E-state index is 0.0290. The normalized spacial score (nSPS) is 12.7. The molecule has 0 fully saturated rings. The first-order chi connectivity index (χ1) is 9.02. The Bertz CT molecular complexity index is 549. The van der Waals surface area contributed by atoms with Crippen LogP contribution in [0.3, 0.4) is 0 Å². The number of hydrogen-bond acceptors (Lipinski definition) is 2. The summed E-state index contributed by atoms with van der Waals surface area (Å²) >= 11 is 0. The predicted molar refractivity (Wildman–Crippen MR) is 79.1 cm³/mol. The maximum Gasteiger partial charge on any atom is 0.0624 e. The summed E-state index contributed by atoms with van der Waals surface area (Å²) in [6, 6.07) is 8.53. The van der Waals surface area contributed by atoms with Crippen LogP contribution in [0.2, 0.25) is 0 Å². The van der Waals surface area contributed by atoms with Crippen LogP contribution in [0.15, 0.2) is 24.3 Å². The highest BCUT2D eigenvalue weighted by atomic mass is 15.3. The third kappa shape index (κ3) is 2.87. The zero-order valence-electron chi connectivity index (χ0n) is 12.3. The standard InChI is InChI=1S/C16H23N3/c1-5-13-9-14(19(4)18-13)10-15(17)16-11(2)7-6-8-12(16)3/h6-9,15H,5,10,17H2,1-4H3. The lowest BCUT2D eigenvalue weighted by Gasteiger charge is -2.17. The van der Waals surface area contributed by atoms with Gasteiger partial charge in [0.2, 0.25) is 0 Å². The number of benzene rings is 1. The van der Waals surface area contributed by atoms with E-state index < -0.39 is 0 Å². The number of aryl methyl sites for hydroxylation is 4. The molecule has 0 saturated carbocycles. The highest BCUT2D eigenvalue weighted by Crippen LogP contribution is 2.23. The van der Waals surface area contributed by atoms with Gasteiger partial charge in [-0.1, -0.05) is 25.1 Å². The van der Waals surface area contributed by atoms with Crippen LogP contribution < -0.4 is 5.73 Å². The van der Waals surface area contributed by atoms with Crippen molar-refractivity contribution in [1.29, 1.82) is 0 Å².